The highest BCUT2D eigenvalue weighted by Gasteiger charge is 2.30. The summed E-state index contributed by atoms with van der Waals surface area (Å²) in [5.74, 6) is 0.717. The van der Waals surface area contributed by atoms with Crippen LogP contribution in [0.2, 0.25) is 0 Å². The fourth-order valence-corrected chi connectivity index (χ4v) is 2.53. The highest BCUT2D eigenvalue weighted by molar-refractivity contribution is 5.92. The average Bonchev–Trinajstić information content (AvgIpc) is 3.11. The first-order valence-corrected chi connectivity index (χ1v) is 8.21. The molecule has 2 aromatic rings. The zero-order valence-electron chi connectivity index (χ0n) is 14.2. The fourth-order valence-electron chi connectivity index (χ4n) is 2.53. The van der Waals surface area contributed by atoms with E-state index in [4.69, 9.17) is 10.5 Å². The van der Waals surface area contributed by atoms with E-state index in [2.05, 4.69) is 25.0 Å². The zero-order chi connectivity index (χ0) is 19.3. The molecule has 1 saturated heterocycles. The number of nitrogens with zero attached hydrogens (tertiary/aromatic N) is 3. The first-order valence-electron chi connectivity index (χ1n) is 8.21. The van der Waals surface area contributed by atoms with Gasteiger partial charge in [-0.15, -0.1) is 13.2 Å². The zero-order valence-corrected chi connectivity index (χ0v) is 14.2. The maximum Gasteiger partial charge on any atom is 0.573 e. The molecule has 0 bridgehead atoms. The van der Waals surface area contributed by atoms with Gasteiger partial charge in [-0.25, -0.2) is 9.97 Å². The van der Waals surface area contributed by atoms with Gasteiger partial charge in [0.25, 0.3) is 0 Å². The molecule has 1 aromatic heterocycles. The molecule has 1 fully saturated rings. The van der Waals surface area contributed by atoms with Crippen molar-refractivity contribution in [1.29, 1.82) is 0 Å². The van der Waals surface area contributed by atoms with Crippen molar-refractivity contribution in [2.24, 2.45) is 10.9 Å². The van der Waals surface area contributed by atoms with Crippen molar-refractivity contribution in [1.82, 2.24) is 9.97 Å². The molecule has 3 rings (SSSR count). The summed E-state index contributed by atoms with van der Waals surface area (Å²) in [5, 5.41) is 3.00. The molecule has 1 aliphatic heterocycles. The van der Waals surface area contributed by atoms with E-state index >= 15 is 0 Å². The monoisotopic (exact) mass is 381 g/mol. The van der Waals surface area contributed by atoms with Crippen LogP contribution in [-0.2, 0) is 4.74 Å². The number of aromatic nitrogens is 2. The SMILES string of the molecule is Nc1ncnc(Nc2ccc(OC(F)(F)F)cc2)c1C=NCC1CCOC1. The standard InChI is InChI=1S/C17H18F3N5O2/c18-17(19,20)27-13-3-1-12(2-4-13)25-16-14(15(21)23-10-24-16)8-22-7-11-5-6-26-9-11/h1-4,8,10-11H,5-7,9H2,(H3,21,23,24,25). The number of hydrogen-bond acceptors (Lipinski definition) is 7. The summed E-state index contributed by atoms with van der Waals surface area (Å²) in [7, 11) is 0. The van der Waals surface area contributed by atoms with E-state index in [1.54, 1.807) is 6.21 Å². The first kappa shape index (κ1) is 18.9. The Labute approximate surface area is 153 Å². The number of rotatable bonds is 6. The van der Waals surface area contributed by atoms with Gasteiger partial charge in [-0.2, -0.15) is 0 Å². The van der Waals surface area contributed by atoms with Crippen molar-refractivity contribution in [2.75, 3.05) is 30.8 Å². The number of hydrogen-bond donors (Lipinski definition) is 2. The molecular weight excluding hydrogens is 363 g/mol. The molecule has 7 nitrogen and oxygen atoms in total. The van der Waals surface area contributed by atoms with Crippen molar-refractivity contribution in [3.63, 3.8) is 0 Å². The molecule has 2 heterocycles. The third-order valence-electron chi connectivity index (χ3n) is 3.87. The number of ether oxygens (including phenoxy) is 2. The Morgan fingerprint density at radius 2 is 2.07 bits per heavy atom. The van der Waals surface area contributed by atoms with Crippen LogP contribution in [0.25, 0.3) is 0 Å². The lowest BCUT2D eigenvalue weighted by atomic mass is 10.1. The number of nitrogens with one attached hydrogen (secondary N) is 1. The molecule has 0 amide bonds. The topological polar surface area (TPSA) is 94.7 Å². The highest BCUT2D eigenvalue weighted by Crippen LogP contribution is 2.26. The van der Waals surface area contributed by atoms with Gasteiger partial charge in [0.05, 0.1) is 12.2 Å². The number of alkyl halides is 3. The third kappa shape index (κ3) is 5.55. The Morgan fingerprint density at radius 1 is 1.30 bits per heavy atom. The van der Waals surface area contributed by atoms with Gasteiger partial charge in [0, 0.05) is 31.0 Å². The van der Waals surface area contributed by atoms with Gasteiger partial charge in [-0.1, -0.05) is 0 Å². The number of nitrogen functional groups attached to an aromatic ring is 1. The average molecular weight is 381 g/mol. The third-order valence-corrected chi connectivity index (χ3v) is 3.87. The minimum atomic E-state index is -4.73. The van der Waals surface area contributed by atoms with Gasteiger partial charge in [0.15, 0.2) is 0 Å². The summed E-state index contributed by atoms with van der Waals surface area (Å²) in [6, 6.07) is 5.29. The minimum Gasteiger partial charge on any atom is -0.406 e. The van der Waals surface area contributed by atoms with Crippen molar-refractivity contribution >= 4 is 23.5 Å². The summed E-state index contributed by atoms with van der Waals surface area (Å²) in [5.41, 5.74) is 6.93. The molecule has 27 heavy (non-hydrogen) atoms. The summed E-state index contributed by atoms with van der Waals surface area (Å²) < 4.78 is 45.8. The largest absolute Gasteiger partial charge is 0.573 e. The summed E-state index contributed by atoms with van der Waals surface area (Å²) in [6.45, 7) is 2.05. The molecule has 0 radical (unpaired) electrons. The molecule has 3 N–H and O–H groups in total. The van der Waals surface area contributed by atoms with Gasteiger partial charge >= 0.3 is 6.36 Å². The van der Waals surface area contributed by atoms with E-state index < -0.39 is 6.36 Å². The smallest absolute Gasteiger partial charge is 0.406 e. The minimum absolute atomic E-state index is 0.246. The normalized spacial score (nSPS) is 17.4. The van der Waals surface area contributed by atoms with Crippen molar-refractivity contribution in [3.8, 4) is 5.75 Å². The van der Waals surface area contributed by atoms with Crippen LogP contribution in [0, 0.1) is 5.92 Å². The molecule has 0 aliphatic carbocycles. The molecule has 144 valence electrons. The lowest BCUT2D eigenvalue weighted by Gasteiger charge is -2.12. The molecule has 1 aromatic carbocycles. The Kier molecular flexibility index (Phi) is 5.75. The Morgan fingerprint density at radius 3 is 2.74 bits per heavy atom. The maximum atomic E-state index is 12.2. The molecule has 0 saturated carbocycles. The summed E-state index contributed by atoms with van der Waals surface area (Å²) >= 11 is 0. The van der Waals surface area contributed by atoms with Crippen LogP contribution in [0.15, 0.2) is 35.6 Å². The van der Waals surface area contributed by atoms with Gasteiger partial charge < -0.3 is 20.5 Å². The second-order valence-corrected chi connectivity index (χ2v) is 5.94. The van der Waals surface area contributed by atoms with E-state index in [9.17, 15) is 13.2 Å². The van der Waals surface area contributed by atoms with Crippen LogP contribution in [-0.4, -0.2) is 42.3 Å². The van der Waals surface area contributed by atoms with Crippen LogP contribution in [0.3, 0.4) is 0 Å². The maximum absolute atomic E-state index is 12.2. The first-order chi connectivity index (χ1) is 12.9. The van der Waals surface area contributed by atoms with Gasteiger partial charge in [0.2, 0.25) is 0 Å². The van der Waals surface area contributed by atoms with Crippen LogP contribution in [0.4, 0.5) is 30.5 Å². The second-order valence-electron chi connectivity index (χ2n) is 5.94. The fraction of sp³-hybridized carbons (Fsp3) is 0.353. The van der Waals surface area contributed by atoms with Gasteiger partial charge in [-0.3, -0.25) is 4.99 Å². The van der Waals surface area contributed by atoms with E-state index in [0.717, 1.165) is 13.0 Å². The van der Waals surface area contributed by atoms with E-state index in [0.29, 0.717) is 36.1 Å². The predicted molar refractivity (Wildman–Crippen MR) is 94.2 cm³/mol. The number of halogens is 3. The van der Waals surface area contributed by atoms with Crippen LogP contribution in [0.1, 0.15) is 12.0 Å². The number of benzene rings is 1. The van der Waals surface area contributed by atoms with Crippen molar-refractivity contribution < 1.29 is 22.6 Å². The summed E-state index contributed by atoms with van der Waals surface area (Å²) in [4.78, 5) is 12.5. The van der Waals surface area contributed by atoms with Crippen LogP contribution < -0.4 is 15.8 Å². The molecule has 1 atom stereocenters. The van der Waals surface area contributed by atoms with E-state index in [1.165, 1.54) is 30.6 Å². The predicted octanol–water partition coefficient (Wildman–Crippen LogP) is 3.16. The lowest BCUT2D eigenvalue weighted by Crippen LogP contribution is -2.17. The number of anilines is 3. The Hall–Kier alpha value is -2.88. The van der Waals surface area contributed by atoms with Crippen molar-refractivity contribution in [2.45, 2.75) is 12.8 Å². The van der Waals surface area contributed by atoms with E-state index in [1.807, 2.05) is 0 Å². The molecule has 0 spiro atoms. The molecular formula is C17H18F3N5O2. The highest BCUT2D eigenvalue weighted by atomic mass is 19.4. The number of aliphatic imine (C=N–C) groups is 1. The Bertz CT molecular complexity index is 790. The van der Waals surface area contributed by atoms with E-state index in [-0.39, 0.29) is 11.6 Å². The lowest BCUT2D eigenvalue weighted by molar-refractivity contribution is -0.274. The second kappa shape index (κ2) is 8.21. The quantitative estimate of drug-likeness (QED) is 0.747. The molecule has 1 unspecified atom stereocenters. The van der Waals surface area contributed by atoms with Crippen LogP contribution >= 0.6 is 0 Å². The molecule has 1 aliphatic rings. The van der Waals surface area contributed by atoms with Gasteiger partial charge in [0.1, 0.15) is 23.7 Å². The summed E-state index contributed by atoms with van der Waals surface area (Å²) in [6.07, 6.45) is -0.877. The van der Waals surface area contributed by atoms with Crippen molar-refractivity contribution in [3.05, 3.63) is 36.2 Å². The Balaban J connectivity index is 1.70. The van der Waals surface area contributed by atoms with Crippen LogP contribution in [0.5, 0.6) is 5.75 Å². The van der Waals surface area contributed by atoms with Gasteiger partial charge in [-0.05, 0) is 30.7 Å². The number of nitrogens with two attached hydrogens (primary N) is 1. The molecule has 10 heteroatoms.